The number of benzene rings is 1. The second-order valence-corrected chi connectivity index (χ2v) is 6.58. The van der Waals surface area contributed by atoms with Crippen molar-refractivity contribution in [1.82, 2.24) is 10.3 Å². The fourth-order valence-electron chi connectivity index (χ4n) is 2.72. The first-order valence-corrected chi connectivity index (χ1v) is 9.25. The fourth-order valence-corrected chi connectivity index (χ4v) is 2.84. The molecule has 0 saturated heterocycles. The van der Waals surface area contributed by atoms with E-state index < -0.39 is 24.5 Å². The number of halogens is 1. The summed E-state index contributed by atoms with van der Waals surface area (Å²) >= 11 is 5.83. The first-order valence-electron chi connectivity index (χ1n) is 8.88. The summed E-state index contributed by atoms with van der Waals surface area (Å²) in [6, 6.07) is 7.33. The van der Waals surface area contributed by atoms with E-state index >= 15 is 0 Å². The number of rotatable bonds is 8. The monoisotopic (exact) mass is 406 g/mol. The highest BCUT2D eigenvalue weighted by Gasteiger charge is 2.24. The molecule has 0 unspecified atom stereocenters. The van der Waals surface area contributed by atoms with Crippen LogP contribution >= 0.6 is 11.6 Å². The smallest absolute Gasteiger partial charge is 0.355 e. The van der Waals surface area contributed by atoms with Gasteiger partial charge >= 0.3 is 11.9 Å². The van der Waals surface area contributed by atoms with Gasteiger partial charge in [-0.15, -0.1) is 0 Å². The van der Waals surface area contributed by atoms with Gasteiger partial charge in [-0.1, -0.05) is 23.7 Å². The summed E-state index contributed by atoms with van der Waals surface area (Å²) in [7, 11) is 0. The molecular weight excluding hydrogens is 384 g/mol. The Bertz CT molecular complexity index is 858. The van der Waals surface area contributed by atoms with E-state index in [0.717, 1.165) is 5.56 Å². The molecule has 1 amide bonds. The third-order valence-electron chi connectivity index (χ3n) is 4.10. The number of nitrogens with one attached hydrogen (secondary N) is 2. The molecule has 0 spiro atoms. The quantitative estimate of drug-likeness (QED) is 0.657. The van der Waals surface area contributed by atoms with E-state index in [-0.39, 0.29) is 12.3 Å². The van der Waals surface area contributed by atoms with Crippen LogP contribution in [0.4, 0.5) is 0 Å². The molecule has 0 saturated carbocycles. The summed E-state index contributed by atoms with van der Waals surface area (Å²) in [5, 5.41) is 3.34. The molecule has 1 aromatic carbocycles. The van der Waals surface area contributed by atoms with Crippen molar-refractivity contribution in [3.05, 3.63) is 57.4 Å². The number of amides is 1. The van der Waals surface area contributed by atoms with E-state index in [4.69, 9.17) is 21.1 Å². The first-order chi connectivity index (χ1) is 13.3. The van der Waals surface area contributed by atoms with Gasteiger partial charge in [0.15, 0.2) is 6.61 Å². The van der Waals surface area contributed by atoms with E-state index in [2.05, 4.69) is 10.3 Å². The van der Waals surface area contributed by atoms with Crippen molar-refractivity contribution in [2.24, 2.45) is 0 Å². The van der Waals surface area contributed by atoms with Gasteiger partial charge in [-0.3, -0.25) is 4.79 Å². The SMILES string of the molecule is CCOC(=O)c1c(C)[nH]c(C(=O)OCC(=O)NCCc2ccc(Cl)cc2)c1C. The van der Waals surface area contributed by atoms with Crippen molar-refractivity contribution >= 4 is 29.4 Å². The Morgan fingerprint density at radius 1 is 1.07 bits per heavy atom. The van der Waals surface area contributed by atoms with Gasteiger partial charge in [0, 0.05) is 17.3 Å². The third kappa shape index (κ3) is 5.60. The Kier molecular flexibility index (Phi) is 7.63. The summed E-state index contributed by atoms with van der Waals surface area (Å²) in [5.74, 6) is -1.62. The van der Waals surface area contributed by atoms with Gasteiger partial charge in [-0.2, -0.15) is 0 Å². The van der Waals surface area contributed by atoms with E-state index in [1.807, 2.05) is 12.1 Å². The molecule has 0 atom stereocenters. The van der Waals surface area contributed by atoms with Gasteiger partial charge in [0.2, 0.25) is 0 Å². The van der Waals surface area contributed by atoms with Crippen molar-refractivity contribution in [1.29, 1.82) is 0 Å². The molecular formula is C20H23ClN2O5. The van der Waals surface area contributed by atoms with Crippen LogP contribution in [0.25, 0.3) is 0 Å². The zero-order valence-electron chi connectivity index (χ0n) is 16.1. The second kappa shape index (κ2) is 9.94. The zero-order valence-corrected chi connectivity index (χ0v) is 16.8. The third-order valence-corrected chi connectivity index (χ3v) is 4.36. The highest BCUT2D eigenvalue weighted by atomic mass is 35.5. The second-order valence-electron chi connectivity index (χ2n) is 6.15. The van der Waals surface area contributed by atoms with Gasteiger partial charge < -0.3 is 19.8 Å². The van der Waals surface area contributed by atoms with Gasteiger partial charge in [0.05, 0.1) is 12.2 Å². The lowest BCUT2D eigenvalue weighted by Gasteiger charge is -2.07. The number of carbonyl (C=O) groups excluding carboxylic acids is 3. The number of hydrogen-bond acceptors (Lipinski definition) is 5. The fraction of sp³-hybridized carbons (Fsp3) is 0.350. The van der Waals surface area contributed by atoms with E-state index in [9.17, 15) is 14.4 Å². The van der Waals surface area contributed by atoms with E-state index in [1.165, 1.54) is 0 Å². The summed E-state index contributed by atoms with van der Waals surface area (Å²) in [5.41, 5.74) is 2.42. The Morgan fingerprint density at radius 2 is 1.75 bits per heavy atom. The summed E-state index contributed by atoms with van der Waals surface area (Å²) in [6.07, 6.45) is 0.634. The maximum atomic E-state index is 12.2. The molecule has 1 aromatic heterocycles. The van der Waals surface area contributed by atoms with Crippen LogP contribution in [0.15, 0.2) is 24.3 Å². The number of aryl methyl sites for hydroxylation is 1. The summed E-state index contributed by atoms with van der Waals surface area (Å²) in [4.78, 5) is 38.9. The van der Waals surface area contributed by atoms with E-state index in [1.54, 1.807) is 32.9 Å². The summed E-state index contributed by atoms with van der Waals surface area (Å²) < 4.78 is 10.0. The van der Waals surface area contributed by atoms with Crippen LogP contribution < -0.4 is 5.32 Å². The highest BCUT2D eigenvalue weighted by Crippen LogP contribution is 2.19. The lowest BCUT2D eigenvalue weighted by molar-refractivity contribution is -0.124. The number of ether oxygens (including phenoxy) is 2. The molecule has 0 aliphatic heterocycles. The lowest BCUT2D eigenvalue weighted by Crippen LogP contribution is -2.30. The largest absolute Gasteiger partial charge is 0.462 e. The maximum absolute atomic E-state index is 12.2. The van der Waals surface area contributed by atoms with Crippen LogP contribution in [0.1, 0.15) is 44.6 Å². The van der Waals surface area contributed by atoms with Crippen molar-refractivity contribution in [2.45, 2.75) is 27.2 Å². The molecule has 0 radical (unpaired) electrons. The first kappa shape index (κ1) is 21.5. The average molecular weight is 407 g/mol. The Labute approximate surface area is 168 Å². The molecule has 0 fully saturated rings. The minimum atomic E-state index is -0.705. The van der Waals surface area contributed by atoms with Crippen molar-refractivity contribution in [3.8, 4) is 0 Å². The van der Waals surface area contributed by atoms with E-state index in [0.29, 0.717) is 34.8 Å². The molecule has 7 nitrogen and oxygen atoms in total. The van der Waals surface area contributed by atoms with Crippen LogP contribution in [-0.2, 0) is 20.7 Å². The molecule has 2 N–H and O–H groups in total. The number of hydrogen-bond donors (Lipinski definition) is 2. The van der Waals surface area contributed by atoms with Crippen LogP contribution in [0.3, 0.4) is 0 Å². The molecule has 0 aliphatic rings. The molecule has 28 heavy (non-hydrogen) atoms. The van der Waals surface area contributed by atoms with Crippen molar-refractivity contribution in [3.63, 3.8) is 0 Å². The molecule has 2 rings (SSSR count). The zero-order chi connectivity index (χ0) is 20.7. The van der Waals surface area contributed by atoms with Crippen LogP contribution in [0.5, 0.6) is 0 Å². The van der Waals surface area contributed by atoms with Crippen molar-refractivity contribution < 1.29 is 23.9 Å². The normalized spacial score (nSPS) is 10.4. The lowest BCUT2D eigenvalue weighted by atomic mass is 10.1. The van der Waals surface area contributed by atoms with Crippen LogP contribution in [0.2, 0.25) is 5.02 Å². The van der Waals surface area contributed by atoms with Gasteiger partial charge in [0.25, 0.3) is 5.91 Å². The molecule has 1 heterocycles. The predicted octanol–water partition coefficient (Wildman–Crippen LogP) is 2.98. The van der Waals surface area contributed by atoms with Crippen LogP contribution in [0, 0.1) is 13.8 Å². The molecule has 0 aliphatic carbocycles. The standard InChI is InChI=1S/C20H23ClN2O5/c1-4-27-19(25)17-12(2)18(23-13(17)3)20(26)28-11-16(24)22-10-9-14-5-7-15(21)8-6-14/h5-8,23H,4,9-11H2,1-3H3,(H,22,24). The van der Waals surface area contributed by atoms with Gasteiger partial charge in [0.1, 0.15) is 5.69 Å². The van der Waals surface area contributed by atoms with Crippen LogP contribution in [-0.4, -0.2) is 42.6 Å². The molecule has 0 bridgehead atoms. The molecule has 8 heteroatoms. The average Bonchev–Trinajstić information content (AvgIpc) is 2.96. The molecule has 2 aromatic rings. The minimum Gasteiger partial charge on any atom is -0.462 e. The number of aromatic amines is 1. The maximum Gasteiger partial charge on any atom is 0.355 e. The van der Waals surface area contributed by atoms with Gasteiger partial charge in [-0.05, 0) is 50.5 Å². The minimum absolute atomic E-state index is 0.134. The number of H-pyrrole nitrogens is 1. The van der Waals surface area contributed by atoms with Gasteiger partial charge in [-0.25, -0.2) is 9.59 Å². The Morgan fingerprint density at radius 3 is 2.39 bits per heavy atom. The summed E-state index contributed by atoms with van der Waals surface area (Å²) in [6.45, 7) is 5.23. The number of carbonyl (C=O) groups is 3. The van der Waals surface area contributed by atoms with Crippen molar-refractivity contribution in [2.75, 3.05) is 19.8 Å². The predicted molar refractivity (Wildman–Crippen MR) is 105 cm³/mol. The Balaban J connectivity index is 1.84. The number of esters is 2. The highest BCUT2D eigenvalue weighted by molar-refractivity contribution is 6.30. The molecule has 150 valence electrons. The Hall–Kier alpha value is -2.80. The number of aromatic nitrogens is 1. The topological polar surface area (TPSA) is 97.5 Å².